The van der Waals surface area contributed by atoms with E-state index in [9.17, 15) is 4.79 Å². The number of nitrogens with zero attached hydrogens (tertiary/aromatic N) is 3. The van der Waals surface area contributed by atoms with E-state index in [1.807, 2.05) is 0 Å². The zero-order valence-electron chi connectivity index (χ0n) is 8.22. The van der Waals surface area contributed by atoms with Crippen LogP contribution in [0.25, 0.3) is 5.65 Å². The number of hydrogen-bond acceptors (Lipinski definition) is 3. The smallest absolute Gasteiger partial charge is 0.354 e. The maximum absolute atomic E-state index is 10.9. The Bertz CT molecular complexity index is 589. The van der Waals surface area contributed by atoms with Crippen molar-refractivity contribution in [1.29, 1.82) is 0 Å². The van der Waals surface area contributed by atoms with Crippen LogP contribution in [-0.2, 0) is 0 Å². The van der Waals surface area contributed by atoms with E-state index >= 15 is 0 Å². The van der Waals surface area contributed by atoms with Gasteiger partial charge in [-0.3, -0.25) is 0 Å². The van der Waals surface area contributed by atoms with Crippen molar-refractivity contribution >= 4 is 23.2 Å². The van der Waals surface area contributed by atoms with Gasteiger partial charge in [0.25, 0.3) is 0 Å². The van der Waals surface area contributed by atoms with Crippen LogP contribution in [0.5, 0.6) is 0 Å². The van der Waals surface area contributed by atoms with Crippen LogP contribution >= 0.6 is 11.6 Å². The highest BCUT2D eigenvalue weighted by atomic mass is 35.5. The molecule has 3 rings (SSSR count). The number of hydrogen-bond donors (Lipinski definition) is 1. The molecule has 16 heavy (non-hydrogen) atoms. The van der Waals surface area contributed by atoms with E-state index in [0.29, 0.717) is 11.6 Å². The summed E-state index contributed by atoms with van der Waals surface area (Å²) in [4.78, 5) is 14.9. The molecule has 1 saturated carbocycles. The van der Waals surface area contributed by atoms with Crippen LogP contribution < -0.4 is 0 Å². The zero-order chi connectivity index (χ0) is 11.3. The third-order valence-electron chi connectivity index (χ3n) is 2.69. The van der Waals surface area contributed by atoms with Crippen molar-refractivity contribution in [3.8, 4) is 0 Å². The molecule has 0 saturated heterocycles. The van der Waals surface area contributed by atoms with Gasteiger partial charge in [0.2, 0.25) is 0 Å². The summed E-state index contributed by atoms with van der Waals surface area (Å²) in [6, 6.07) is 1.31. The summed E-state index contributed by atoms with van der Waals surface area (Å²) < 4.78 is 1.47. The van der Waals surface area contributed by atoms with Crippen molar-refractivity contribution in [2.45, 2.75) is 18.8 Å². The second-order valence-corrected chi connectivity index (χ2v) is 4.27. The van der Waals surface area contributed by atoms with Crippen LogP contribution in [0.1, 0.15) is 34.8 Å². The number of carbonyl (C=O) groups is 1. The molecule has 1 fully saturated rings. The summed E-state index contributed by atoms with van der Waals surface area (Å²) in [5.41, 5.74) is 1.51. The van der Waals surface area contributed by atoms with Crippen LogP contribution in [0.3, 0.4) is 0 Å². The molecule has 2 aromatic heterocycles. The van der Waals surface area contributed by atoms with Crippen LogP contribution in [0.2, 0.25) is 5.15 Å². The highest BCUT2D eigenvalue weighted by Gasteiger charge is 2.28. The molecule has 0 atom stereocenters. The van der Waals surface area contributed by atoms with Crippen LogP contribution in [0.15, 0.2) is 12.3 Å². The lowest BCUT2D eigenvalue weighted by Crippen LogP contribution is -2.04. The van der Waals surface area contributed by atoms with Crippen molar-refractivity contribution in [3.63, 3.8) is 0 Å². The number of carboxylic acids is 1. The Kier molecular flexibility index (Phi) is 1.91. The van der Waals surface area contributed by atoms with Gasteiger partial charge in [0.05, 0.1) is 6.20 Å². The van der Waals surface area contributed by atoms with Crippen molar-refractivity contribution in [2.24, 2.45) is 0 Å². The molecular weight excluding hydrogens is 230 g/mol. The van der Waals surface area contributed by atoms with E-state index < -0.39 is 5.97 Å². The maximum atomic E-state index is 10.9. The molecule has 0 aromatic carbocycles. The van der Waals surface area contributed by atoms with Gasteiger partial charge in [-0.15, -0.1) is 0 Å². The summed E-state index contributed by atoms with van der Waals surface area (Å²) in [7, 11) is 0. The van der Waals surface area contributed by atoms with Crippen LogP contribution in [0, 0.1) is 0 Å². The van der Waals surface area contributed by atoms with Gasteiger partial charge in [-0.05, 0) is 18.8 Å². The second-order valence-electron chi connectivity index (χ2n) is 3.88. The molecule has 0 amide bonds. The van der Waals surface area contributed by atoms with Gasteiger partial charge >= 0.3 is 5.97 Å². The largest absolute Gasteiger partial charge is 0.477 e. The summed E-state index contributed by atoms with van der Waals surface area (Å²) in [5, 5.41) is 13.3. The molecule has 0 unspecified atom stereocenters. The fourth-order valence-electron chi connectivity index (χ4n) is 1.74. The predicted octanol–water partition coefficient (Wildman–Crippen LogP) is 1.96. The Labute approximate surface area is 95.7 Å². The first-order chi connectivity index (χ1) is 7.66. The topological polar surface area (TPSA) is 67.5 Å². The summed E-state index contributed by atoms with van der Waals surface area (Å²) >= 11 is 5.94. The molecule has 2 heterocycles. The number of rotatable bonds is 2. The highest BCUT2D eigenvalue weighted by molar-refractivity contribution is 6.30. The molecule has 2 aromatic rings. The van der Waals surface area contributed by atoms with Crippen molar-refractivity contribution in [3.05, 3.63) is 28.7 Å². The first-order valence-corrected chi connectivity index (χ1v) is 5.32. The standard InChI is InChI=1S/C10H8ClN3O2/c11-8-3-7(10(15)16)13-9-6(5-1-2-5)4-12-14(8)9/h3-5H,1-2H2,(H,15,16). The minimum Gasteiger partial charge on any atom is -0.477 e. The lowest BCUT2D eigenvalue weighted by molar-refractivity contribution is 0.0690. The monoisotopic (exact) mass is 237 g/mol. The Morgan fingerprint density at radius 2 is 2.31 bits per heavy atom. The van der Waals surface area contributed by atoms with E-state index in [1.165, 1.54) is 10.6 Å². The van der Waals surface area contributed by atoms with Crippen LogP contribution in [-0.4, -0.2) is 25.7 Å². The third-order valence-corrected chi connectivity index (χ3v) is 2.96. The minimum absolute atomic E-state index is 0.0418. The SMILES string of the molecule is O=C(O)c1cc(Cl)n2ncc(C3CC3)c2n1. The average Bonchev–Trinajstić information content (AvgIpc) is 2.98. The molecule has 0 bridgehead atoms. The van der Waals surface area contributed by atoms with E-state index in [4.69, 9.17) is 16.7 Å². The molecular formula is C10H8ClN3O2. The van der Waals surface area contributed by atoms with Gasteiger partial charge < -0.3 is 5.11 Å². The molecule has 0 radical (unpaired) electrons. The lowest BCUT2D eigenvalue weighted by atomic mass is 10.2. The fourth-order valence-corrected chi connectivity index (χ4v) is 1.96. The van der Waals surface area contributed by atoms with Gasteiger partial charge in [0.15, 0.2) is 11.3 Å². The second kappa shape index (κ2) is 3.18. The van der Waals surface area contributed by atoms with Crippen LogP contribution in [0.4, 0.5) is 0 Å². The normalized spacial score (nSPS) is 15.6. The minimum atomic E-state index is -1.08. The first-order valence-electron chi connectivity index (χ1n) is 4.94. The van der Waals surface area contributed by atoms with Crippen molar-refractivity contribution in [2.75, 3.05) is 0 Å². The number of carboxylic acid groups (broad SMARTS) is 1. The van der Waals surface area contributed by atoms with Gasteiger partial charge in [0, 0.05) is 11.6 Å². The number of halogens is 1. The molecule has 6 heteroatoms. The number of fused-ring (bicyclic) bond motifs is 1. The molecule has 1 aliphatic carbocycles. The van der Waals surface area contributed by atoms with Gasteiger partial charge in [-0.25, -0.2) is 14.3 Å². The molecule has 0 aliphatic heterocycles. The predicted molar refractivity (Wildman–Crippen MR) is 56.9 cm³/mol. The third kappa shape index (κ3) is 1.36. The van der Waals surface area contributed by atoms with Crippen molar-refractivity contribution < 1.29 is 9.90 Å². The van der Waals surface area contributed by atoms with Gasteiger partial charge in [0.1, 0.15) is 5.15 Å². The molecule has 0 spiro atoms. The summed E-state index contributed by atoms with van der Waals surface area (Å²) in [6.07, 6.45) is 3.94. The molecule has 5 nitrogen and oxygen atoms in total. The quantitative estimate of drug-likeness (QED) is 0.811. The van der Waals surface area contributed by atoms with E-state index in [-0.39, 0.29) is 10.8 Å². The molecule has 1 N–H and O–H groups in total. The Morgan fingerprint density at radius 3 is 2.94 bits per heavy atom. The highest BCUT2D eigenvalue weighted by Crippen LogP contribution is 2.41. The Hall–Kier alpha value is -1.62. The molecule has 82 valence electrons. The number of aromatic nitrogens is 3. The summed E-state index contributed by atoms with van der Waals surface area (Å²) in [6.45, 7) is 0. The van der Waals surface area contributed by atoms with Crippen molar-refractivity contribution in [1.82, 2.24) is 14.6 Å². The van der Waals surface area contributed by atoms with E-state index in [0.717, 1.165) is 18.4 Å². The zero-order valence-corrected chi connectivity index (χ0v) is 8.98. The molecule has 1 aliphatic rings. The fraction of sp³-hybridized carbons (Fsp3) is 0.300. The van der Waals surface area contributed by atoms with Gasteiger partial charge in [-0.2, -0.15) is 5.10 Å². The van der Waals surface area contributed by atoms with E-state index in [1.54, 1.807) is 6.20 Å². The van der Waals surface area contributed by atoms with E-state index in [2.05, 4.69) is 10.1 Å². The first kappa shape index (κ1) is 9.59. The average molecular weight is 238 g/mol. The Morgan fingerprint density at radius 1 is 1.56 bits per heavy atom. The van der Waals surface area contributed by atoms with Gasteiger partial charge in [-0.1, -0.05) is 11.6 Å². The lowest BCUT2D eigenvalue weighted by Gasteiger charge is -2.00. The summed E-state index contributed by atoms with van der Waals surface area (Å²) in [5.74, 6) is -0.613. The maximum Gasteiger partial charge on any atom is 0.354 e. The Balaban J connectivity index is 2.28. The number of aromatic carboxylic acids is 1.